The molecule has 0 saturated carbocycles. The molecular formula is C19H30FN3O2. The van der Waals surface area contributed by atoms with Gasteiger partial charge in [0, 0.05) is 47.0 Å². The van der Waals surface area contributed by atoms with Gasteiger partial charge in [0.05, 0.1) is 6.10 Å². The van der Waals surface area contributed by atoms with Crippen molar-refractivity contribution < 1.29 is 13.9 Å². The number of hydrogen-bond acceptors (Lipinski definition) is 3. The number of ether oxygens (including phenoxy) is 2. The number of rotatable bonds is 7. The molecule has 1 fully saturated rings. The number of guanidine groups is 1. The lowest BCUT2D eigenvalue weighted by Crippen LogP contribution is -2.46. The molecule has 1 saturated heterocycles. The second kappa shape index (κ2) is 10.4. The summed E-state index contributed by atoms with van der Waals surface area (Å²) in [5.41, 5.74) is 1.58. The fourth-order valence-corrected chi connectivity index (χ4v) is 2.95. The number of piperidine rings is 1. The molecule has 0 atom stereocenters. The maximum absolute atomic E-state index is 13.6. The maximum Gasteiger partial charge on any atom is 0.193 e. The minimum Gasteiger partial charge on any atom is -0.385 e. The average Bonchev–Trinajstić information content (AvgIpc) is 2.63. The van der Waals surface area contributed by atoms with E-state index in [1.807, 2.05) is 12.1 Å². The minimum absolute atomic E-state index is 0.166. The number of likely N-dealkylation sites (tertiary alicyclic amines) is 1. The summed E-state index contributed by atoms with van der Waals surface area (Å²) in [6.07, 6.45) is 3.24. The summed E-state index contributed by atoms with van der Waals surface area (Å²) in [6.45, 7) is 5.66. The molecule has 5 nitrogen and oxygen atoms in total. The molecule has 0 aromatic heterocycles. The summed E-state index contributed by atoms with van der Waals surface area (Å²) >= 11 is 0. The van der Waals surface area contributed by atoms with Crippen molar-refractivity contribution in [2.24, 2.45) is 4.99 Å². The van der Waals surface area contributed by atoms with Gasteiger partial charge in [-0.15, -0.1) is 0 Å². The molecule has 1 aliphatic rings. The monoisotopic (exact) mass is 351 g/mol. The first-order valence-corrected chi connectivity index (χ1v) is 8.95. The molecule has 0 spiro atoms. The van der Waals surface area contributed by atoms with Gasteiger partial charge in [-0.1, -0.05) is 12.1 Å². The number of aliphatic imine (C=N–C) groups is 1. The van der Waals surface area contributed by atoms with Crippen molar-refractivity contribution in [1.82, 2.24) is 10.2 Å². The Labute approximate surface area is 150 Å². The van der Waals surface area contributed by atoms with Gasteiger partial charge in [0.25, 0.3) is 0 Å². The van der Waals surface area contributed by atoms with E-state index in [4.69, 9.17) is 9.47 Å². The molecular weight excluding hydrogens is 321 g/mol. The summed E-state index contributed by atoms with van der Waals surface area (Å²) in [7, 11) is 3.49. The van der Waals surface area contributed by atoms with Crippen LogP contribution in [0.3, 0.4) is 0 Å². The Morgan fingerprint density at radius 3 is 2.72 bits per heavy atom. The van der Waals surface area contributed by atoms with Crippen molar-refractivity contribution in [3.8, 4) is 0 Å². The first-order valence-electron chi connectivity index (χ1n) is 8.95. The predicted molar refractivity (Wildman–Crippen MR) is 98.4 cm³/mol. The predicted octanol–water partition coefficient (Wildman–Crippen LogP) is 2.73. The number of nitrogens with zero attached hydrogens (tertiary/aromatic N) is 2. The zero-order valence-corrected chi connectivity index (χ0v) is 15.6. The van der Waals surface area contributed by atoms with Crippen molar-refractivity contribution >= 4 is 5.96 Å². The fraction of sp³-hybridized carbons (Fsp3) is 0.632. The highest BCUT2D eigenvalue weighted by Crippen LogP contribution is 2.15. The highest BCUT2D eigenvalue weighted by molar-refractivity contribution is 5.79. The molecule has 0 aliphatic carbocycles. The number of hydrogen-bond donors (Lipinski definition) is 1. The summed E-state index contributed by atoms with van der Waals surface area (Å²) in [5, 5.41) is 3.33. The van der Waals surface area contributed by atoms with Crippen LogP contribution in [0.5, 0.6) is 0 Å². The molecule has 1 heterocycles. The number of halogens is 1. The summed E-state index contributed by atoms with van der Waals surface area (Å²) in [5.74, 6) is 0.694. The van der Waals surface area contributed by atoms with Crippen molar-refractivity contribution in [3.05, 3.63) is 35.1 Å². The van der Waals surface area contributed by atoms with Crippen molar-refractivity contribution in [3.63, 3.8) is 0 Å². The molecule has 25 heavy (non-hydrogen) atoms. The SMILES string of the molecule is CN=C(NCc1ccc(C)c(F)c1)N1CCC(OCCCOC)CC1. The molecule has 1 aromatic carbocycles. The van der Waals surface area contributed by atoms with Crippen LogP contribution in [-0.2, 0) is 16.0 Å². The Bertz CT molecular complexity index is 558. The van der Waals surface area contributed by atoms with E-state index in [2.05, 4.69) is 15.2 Å². The Hall–Kier alpha value is -1.66. The van der Waals surface area contributed by atoms with E-state index in [0.717, 1.165) is 57.1 Å². The molecule has 0 bridgehead atoms. The molecule has 1 N–H and O–H groups in total. The Kier molecular flexibility index (Phi) is 8.15. The summed E-state index contributed by atoms with van der Waals surface area (Å²) in [6, 6.07) is 5.33. The van der Waals surface area contributed by atoms with Crippen LogP contribution >= 0.6 is 0 Å². The van der Waals surface area contributed by atoms with Crippen molar-refractivity contribution in [2.75, 3.05) is 40.5 Å². The quantitative estimate of drug-likeness (QED) is 0.466. The van der Waals surface area contributed by atoms with Gasteiger partial charge < -0.3 is 19.7 Å². The van der Waals surface area contributed by atoms with E-state index in [1.165, 1.54) is 0 Å². The van der Waals surface area contributed by atoms with Gasteiger partial charge in [0.2, 0.25) is 0 Å². The molecule has 6 heteroatoms. The molecule has 1 aliphatic heterocycles. The van der Waals surface area contributed by atoms with Gasteiger partial charge in [-0.05, 0) is 43.4 Å². The molecule has 1 aromatic rings. The van der Waals surface area contributed by atoms with Gasteiger partial charge in [-0.25, -0.2) is 4.39 Å². The van der Waals surface area contributed by atoms with Gasteiger partial charge in [0.15, 0.2) is 5.96 Å². The van der Waals surface area contributed by atoms with Crippen LogP contribution in [0.15, 0.2) is 23.2 Å². The Morgan fingerprint density at radius 2 is 2.08 bits per heavy atom. The molecule has 2 rings (SSSR count). The molecule has 0 amide bonds. The Balaban J connectivity index is 1.75. The maximum atomic E-state index is 13.6. The van der Waals surface area contributed by atoms with Gasteiger partial charge >= 0.3 is 0 Å². The highest BCUT2D eigenvalue weighted by atomic mass is 19.1. The normalized spacial score (nSPS) is 16.3. The lowest BCUT2D eigenvalue weighted by molar-refractivity contribution is 0.00989. The van der Waals surface area contributed by atoms with Crippen LogP contribution in [0.4, 0.5) is 4.39 Å². The number of aryl methyl sites for hydroxylation is 1. The van der Waals surface area contributed by atoms with Crippen LogP contribution < -0.4 is 5.32 Å². The van der Waals surface area contributed by atoms with E-state index in [0.29, 0.717) is 18.2 Å². The third kappa shape index (κ3) is 6.29. The van der Waals surface area contributed by atoms with Gasteiger partial charge in [-0.2, -0.15) is 0 Å². The second-order valence-corrected chi connectivity index (χ2v) is 6.39. The van der Waals surface area contributed by atoms with Crippen molar-refractivity contribution in [2.45, 2.75) is 38.8 Å². The van der Waals surface area contributed by atoms with Crippen molar-refractivity contribution in [1.29, 1.82) is 0 Å². The third-order valence-corrected chi connectivity index (χ3v) is 4.49. The van der Waals surface area contributed by atoms with Gasteiger partial charge in [-0.3, -0.25) is 4.99 Å². The summed E-state index contributed by atoms with van der Waals surface area (Å²) in [4.78, 5) is 6.59. The number of benzene rings is 1. The smallest absolute Gasteiger partial charge is 0.193 e. The van der Waals surface area contributed by atoms with E-state index >= 15 is 0 Å². The average molecular weight is 351 g/mol. The third-order valence-electron chi connectivity index (χ3n) is 4.49. The van der Waals surface area contributed by atoms with E-state index in [1.54, 1.807) is 27.1 Å². The van der Waals surface area contributed by atoms with Crippen LogP contribution in [0.25, 0.3) is 0 Å². The molecule has 0 radical (unpaired) electrons. The second-order valence-electron chi connectivity index (χ2n) is 6.39. The van der Waals surface area contributed by atoms with Crippen LogP contribution in [0.2, 0.25) is 0 Å². The van der Waals surface area contributed by atoms with E-state index < -0.39 is 0 Å². The zero-order valence-electron chi connectivity index (χ0n) is 15.6. The highest BCUT2D eigenvalue weighted by Gasteiger charge is 2.21. The molecule has 0 unspecified atom stereocenters. The Morgan fingerprint density at radius 1 is 1.32 bits per heavy atom. The standard InChI is InChI=1S/C19H30FN3O2/c1-15-5-6-16(13-18(15)20)14-22-19(21-2)23-9-7-17(8-10-23)25-12-4-11-24-3/h5-6,13,17H,4,7-12,14H2,1-3H3,(H,21,22). The lowest BCUT2D eigenvalue weighted by Gasteiger charge is -2.34. The largest absolute Gasteiger partial charge is 0.385 e. The topological polar surface area (TPSA) is 46.1 Å². The van der Waals surface area contributed by atoms with Gasteiger partial charge in [0.1, 0.15) is 5.82 Å². The first-order chi connectivity index (χ1) is 12.1. The summed E-state index contributed by atoms with van der Waals surface area (Å²) < 4.78 is 24.6. The number of methoxy groups -OCH3 is 1. The first kappa shape index (κ1) is 19.7. The fourth-order valence-electron chi connectivity index (χ4n) is 2.95. The number of nitrogens with one attached hydrogen (secondary N) is 1. The lowest BCUT2D eigenvalue weighted by atomic mass is 10.1. The van der Waals surface area contributed by atoms with E-state index in [9.17, 15) is 4.39 Å². The molecule has 140 valence electrons. The minimum atomic E-state index is -0.166. The van der Waals surface area contributed by atoms with Crippen LogP contribution in [0, 0.1) is 12.7 Å². The van der Waals surface area contributed by atoms with E-state index in [-0.39, 0.29) is 5.82 Å². The van der Waals surface area contributed by atoms with Crippen LogP contribution in [0.1, 0.15) is 30.4 Å². The van der Waals surface area contributed by atoms with Crippen LogP contribution in [-0.4, -0.2) is 57.4 Å². The zero-order chi connectivity index (χ0) is 18.1.